The third-order valence-corrected chi connectivity index (χ3v) is 5.14. The second-order valence-electron chi connectivity index (χ2n) is 5.54. The van der Waals surface area contributed by atoms with E-state index in [2.05, 4.69) is 4.90 Å². The van der Waals surface area contributed by atoms with Gasteiger partial charge in [0.15, 0.2) is 9.84 Å². The molecule has 1 aliphatic rings. The molecular weight excluding hydrogens is 274 g/mol. The standard InChI is InChI=1S/C12H24ClNO3S/c1-4-6-18(15,16)7-5-14-9-11(8-13)17-12(2,3)10-14/h11H,4-10H2,1-3H3. The minimum absolute atomic E-state index is 0.00991. The summed E-state index contributed by atoms with van der Waals surface area (Å²) in [5, 5.41) is 0. The molecule has 0 aromatic heterocycles. The van der Waals surface area contributed by atoms with Crippen molar-refractivity contribution < 1.29 is 13.2 Å². The van der Waals surface area contributed by atoms with E-state index in [-0.39, 0.29) is 23.2 Å². The molecule has 1 unspecified atom stereocenters. The van der Waals surface area contributed by atoms with Crippen molar-refractivity contribution in [2.75, 3.05) is 37.0 Å². The molecular formula is C12H24ClNO3S. The number of sulfone groups is 1. The summed E-state index contributed by atoms with van der Waals surface area (Å²) in [5.74, 6) is 0.952. The summed E-state index contributed by atoms with van der Waals surface area (Å²) in [6.45, 7) is 7.95. The van der Waals surface area contributed by atoms with Crippen LogP contribution >= 0.6 is 11.6 Å². The molecule has 1 saturated heterocycles. The Balaban J connectivity index is 2.51. The first-order chi connectivity index (χ1) is 8.28. The van der Waals surface area contributed by atoms with E-state index in [0.717, 1.165) is 6.54 Å². The van der Waals surface area contributed by atoms with Crippen LogP contribution in [0.4, 0.5) is 0 Å². The van der Waals surface area contributed by atoms with Gasteiger partial charge in [-0.15, -0.1) is 11.6 Å². The second-order valence-corrected chi connectivity index (χ2v) is 8.15. The first-order valence-corrected chi connectivity index (χ1v) is 8.80. The number of alkyl halides is 1. The number of ether oxygens (including phenoxy) is 1. The average Bonchev–Trinajstić information content (AvgIpc) is 2.24. The highest BCUT2D eigenvalue weighted by Crippen LogP contribution is 2.21. The fraction of sp³-hybridized carbons (Fsp3) is 1.00. The summed E-state index contributed by atoms with van der Waals surface area (Å²) in [7, 11) is -2.91. The van der Waals surface area contributed by atoms with Gasteiger partial charge < -0.3 is 4.74 Å². The number of nitrogens with zero attached hydrogens (tertiary/aromatic N) is 1. The smallest absolute Gasteiger partial charge is 0.151 e. The minimum Gasteiger partial charge on any atom is -0.368 e. The maximum absolute atomic E-state index is 11.7. The molecule has 0 spiro atoms. The van der Waals surface area contributed by atoms with Gasteiger partial charge in [-0.2, -0.15) is 0 Å². The Labute approximate surface area is 116 Å². The van der Waals surface area contributed by atoms with Crippen molar-refractivity contribution in [3.05, 3.63) is 0 Å². The number of hydrogen-bond acceptors (Lipinski definition) is 4. The highest BCUT2D eigenvalue weighted by atomic mass is 35.5. The van der Waals surface area contributed by atoms with Crippen LogP contribution in [0.1, 0.15) is 27.2 Å². The third kappa shape index (κ3) is 5.43. The maximum atomic E-state index is 11.7. The molecule has 1 fully saturated rings. The predicted octanol–water partition coefficient (Wildman–Crippen LogP) is 1.53. The van der Waals surface area contributed by atoms with E-state index in [4.69, 9.17) is 16.3 Å². The fourth-order valence-corrected chi connectivity index (χ4v) is 3.87. The molecule has 1 atom stereocenters. The predicted molar refractivity (Wildman–Crippen MR) is 75.1 cm³/mol. The quantitative estimate of drug-likeness (QED) is 0.698. The summed E-state index contributed by atoms with van der Waals surface area (Å²) in [4.78, 5) is 2.14. The van der Waals surface area contributed by atoms with Crippen LogP contribution in [0, 0.1) is 0 Å². The molecule has 0 aliphatic carbocycles. The van der Waals surface area contributed by atoms with E-state index in [9.17, 15) is 8.42 Å². The van der Waals surface area contributed by atoms with Gasteiger partial charge in [-0.05, 0) is 20.3 Å². The molecule has 1 aliphatic heterocycles. The Hall–Kier alpha value is 0.160. The first kappa shape index (κ1) is 16.2. The zero-order chi connectivity index (χ0) is 13.8. The monoisotopic (exact) mass is 297 g/mol. The molecule has 0 amide bonds. The van der Waals surface area contributed by atoms with Crippen molar-refractivity contribution in [1.82, 2.24) is 4.90 Å². The van der Waals surface area contributed by atoms with Gasteiger partial charge in [0.1, 0.15) is 0 Å². The van der Waals surface area contributed by atoms with Gasteiger partial charge in [0.25, 0.3) is 0 Å². The summed E-state index contributed by atoms with van der Waals surface area (Å²) in [5.41, 5.74) is -0.258. The molecule has 0 aromatic carbocycles. The van der Waals surface area contributed by atoms with Crippen molar-refractivity contribution in [3.63, 3.8) is 0 Å². The van der Waals surface area contributed by atoms with E-state index in [1.165, 1.54) is 0 Å². The molecule has 0 N–H and O–H groups in total. The molecule has 0 bridgehead atoms. The molecule has 0 radical (unpaired) electrons. The normalized spacial score (nSPS) is 25.2. The van der Waals surface area contributed by atoms with Gasteiger partial charge >= 0.3 is 0 Å². The van der Waals surface area contributed by atoms with Crippen LogP contribution in [0.2, 0.25) is 0 Å². The Bertz CT molecular complexity index is 356. The molecule has 1 rings (SSSR count). The Morgan fingerprint density at radius 2 is 2.06 bits per heavy atom. The molecule has 1 heterocycles. The van der Waals surface area contributed by atoms with Crippen molar-refractivity contribution in [2.45, 2.75) is 38.9 Å². The zero-order valence-corrected chi connectivity index (χ0v) is 13.1. The van der Waals surface area contributed by atoms with Crippen LogP contribution < -0.4 is 0 Å². The topological polar surface area (TPSA) is 46.6 Å². The Morgan fingerprint density at radius 3 is 2.61 bits per heavy atom. The number of hydrogen-bond donors (Lipinski definition) is 0. The van der Waals surface area contributed by atoms with Crippen LogP contribution in [0.3, 0.4) is 0 Å². The van der Waals surface area contributed by atoms with Gasteiger partial charge in [-0.1, -0.05) is 6.92 Å². The van der Waals surface area contributed by atoms with Crippen LogP contribution in [0.25, 0.3) is 0 Å². The molecule has 108 valence electrons. The average molecular weight is 298 g/mol. The number of halogens is 1. The second kappa shape index (κ2) is 6.55. The lowest BCUT2D eigenvalue weighted by Crippen LogP contribution is -2.54. The van der Waals surface area contributed by atoms with Crippen LogP contribution in [-0.2, 0) is 14.6 Å². The lowest BCUT2D eigenvalue weighted by molar-refractivity contribution is -0.126. The van der Waals surface area contributed by atoms with Crippen molar-refractivity contribution in [1.29, 1.82) is 0 Å². The zero-order valence-electron chi connectivity index (χ0n) is 11.5. The fourth-order valence-electron chi connectivity index (χ4n) is 2.35. The highest BCUT2D eigenvalue weighted by Gasteiger charge is 2.33. The van der Waals surface area contributed by atoms with E-state index in [1.54, 1.807) is 0 Å². The lowest BCUT2D eigenvalue weighted by atomic mass is 10.1. The summed E-state index contributed by atoms with van der Waals surface area (Å²) in [6, 6.07) is 0. The Kier molecular flexibility index (Phi) is 5.90. The van der Waals surface area contributed by atoms with E-state index in [0.29, 0.717) is 25.4 Å². The van der Waals surface area contributed by atoms with Crippen molar-refractivity contribution in [2.24, 2.45) is 0 Å². The van der Waals surface area contributed by atoms with Crippen LogP contribution in [0.5, 0.6) is 0 Å². The molecule has 4 nitrogen and oxygen atoms in total. The molecule has 18 heavy (non-hydrogen) atoms. The Morgan fingerprint density at radius 1 is 1.39 bits per heavy atom. The molecule has 0 saturated carbocycles. The van der Waals surface area contributed by atoms with Crippen molar-refractivity contribution >= 4 is 21.4 Å². The van der Waals surface area contributed by atoms with Gasteiger partial charge in [-0.25, -0.2) is 8.42 Å². The summed E-state index contributed by atoms with van der Waals surface area (Å²) < 4.78 is 29.2. The largest absolute Gasteiger partial charge is 0.368 e. The number of morpholine rings is 1. The van der Waals surface area contributed by atoms with E-state index < -0.39 is 9.84 Å². The first-order valence-electron chi connectivity index (χ1n) is 6.44. The lowest BCUT2D eigenvalue weighted by Gasteiger charge is -2.42. The van der Waals surface area contributed by atoms with Crippen LogP contribution in [0.15, 0.2) is 0 Å². The SMILES string of the molecule is CCCS(=O)(=O)CCN1CC(CCl)OC(C)(C)C1. The maximum Gasteiger partial charge on any atom is 0.151 e. The van der Waals surface area contributed by atoms with Crippen LogP contribution in [-0.4, -0.2) is 62.0 Å². The van der Waals surface area contributed by atoms with Crippen molar-refractivity contribution in [3.8, 4) is 0 Å². The minimum atomic E-state index is -2.91. The van der Waals surface area contributed by atoms with Gasteiger partial charge in [-0.3, -0.25) is 4.90 Å². The molecule has 6 heteroatoms. The third-order valence-electron chi connectivity index (χ3n) is 2.96. The summed E-state index contributed by atoms with van der Waals surface area (Å²) in [6.07, 6.45) is 0.672. The highest BCUT2D eigenvalue weighted by molar-refractivity contribution is 7.91. The van der Waals surface area contributed by atoms with Gasteiger partial charge in [0.2, 0.25) is 0 Å². The van der Waals surface area contributed by atoms with Gasteiger partial charge in [0.05, 0.1) is 17.5 Å². The van der Waals surface area contributed by atoms with E-state index in [1.807, 2.05) is 20.8 Å². The summed E-state index contributed by atoms with van der Waals surface area (Å²) >= 11 is 5.84. The number of rotatable bonds is 6. The van der Waals surface area contributed by atoms with Gasteiger partial charge in [0, 0.05) is 31.3 Å². The van der Waals surface area contributed by atoms with E-state index >= 15 is 0 Å². The molecule has 0 aromatic rings.